The molecule has 2 nitrogen and oxygen atoms in total. The van der Waals surface area contributed by atoms with Crippen molar-refractivity contribution < 1.29 is 4.74 Å². The number of hydrogen-bond donors (Lipinski definition) is 1. The summed E-state index contributed by atoms with van der Waals surface area (Å²) in [7, 11) is 2.02. The van der Waals surface area contributed by atoms with Crippen LogP contribution in [0.4, 0.5) is 0 Å². The van der Waals surface area contributed by atoms with E-state index in [4.69, 9.17) is 4.74 Å². The van der Waals surface area contributed by atoms with Crippen molar-refractivity contribution >= 4 is 15.9 Å². The topological polar surface area (TPSA) is 21.3 Å². The van der Waals surface area contributed by atoms with Gasteiger partial charge < -0.3 is 10.1 Å². The summed E-state index contributed by atoms with van der Waals surface area (Å²) in [4.78, 5) is 0. The minimum absolute atomic E-state index is 0.128. The first-order chi connectivity index (χ1) is 10.3. The zero-order valence-corrected chi connectivity index (χ0v) is 13.8. The van der Waals surface area contributed by atoms with Gasteiger partial charge in [0.1, 0.15) is 0 Å². The summed E-state index contributed by atoms with van der Waals surface area (Å²) in [6, 6.07) is 17.5. The molecule has 1 heterocycles. The first kappa shape index (κ1) is 14.8. The van der Waals surface area contributed by atoms with Crippen molar-refractivity contribution in [3.05, 3.63) is 69.7 Å². The second-order valence-corrected chi connectivity index (χ2v) is 6.38. The summed E-state index contributed by atoms with van der Waals surface area (Å²) >= 11 is 3.49. The SMILES string of the molecule is CNC(Cc1ccc(Br)cc1)C1OCCc2ccccc21. The summed E-state index contributed by atoms with van der Waals surface area (Å²) < 4.78 is 7.20. The van der Waals surface area contributed by atoms with Crippen molar-refractivity contribution in [1.29, 1.82) is 0 Å². The molecule has 0 saturated heterocycles. The largest absolute Gasteiger partial charge is 0.372 e. The van der Waals surface area contributed by atoms with Crippen molar-refractivity contribution in [1.82, 2.24) is 5.32 Å². The molecule has 0 aromatic heterocycles. The Labute approximate surface area is 134 Å². The van der Waals surface area contributed by atoms with E-state index in [-0.39, 0.29) is 12.1 Å². The molecule has 0 amide bonds. The predicted octanol–water partition coefficient (Wildman–Crippen LogP) is 3.89. The Kier molecular flexibility index (Phi) is 4.73. The van der Waals surface area contributed by atoms with Crippen LogP contribution in [0.5, 0.6) is 0 Å². The van der Waals surface area contributed by atoms with Crippen molar-refractivity contribution in [2.24, 2.45) is 0 Å². The third kappa shape index (κ3) is 3.37. The monoisotopic (exact) mass is 345 g/mol. The zero-order valence-electron chi connectivity index (χ0n) is 12.2. The molecule has 0 fully saturated rings. The second kappa shape index (κ2) is 6.73. The number of rotatable bonds is 4. The van der Waals surface area contributed by atoms with Crippen LogP contribution in [-0.2, 0) is 17.6 Å². The van der Waals surface area contributed by atoms with E-state index in [1.165, 1.54) is 16.7 Å². The normalized spacial score (nSPS) is 19.0. The minimum Gasteiger partial charge on any atom is -0.372 e. The van der Waals surface area contributed by atoms with Crippen LogP contribution in [0.25, 0.3) is 0 Å². The predicted molar refractivity (Wildman–Crippen MR) is 89.5 cm³/mol. The van der Waals surface area contributed by atoms with Crippen LogP contribution in [0.2, 0.25) is 0 Å². The second-order valence-electron chi connectivity index (χ2n) is 5.47. The van der Waals surface area contributed by atoms with Crippen molar-refractivity contribution in [3.63, 3.8) is 0 Å². The van der Waals surface area contributed by atoms with Gasteiger partial charge in [-0.25, -0.2) is 0 Å². The smallest absolute Gasteiger partial charge is 0.0983 e. The molecule has 2 unspecified atom stereocenters. The Hall–Kier alpha value is -1.16. The van der Waals surface area contributed by atoms with Crippen molar-refractivity contribution in [3.8, 4) is 0 Å². The van der Waals surface area contributed by atoms with Gasteiger partial charge in [0.25, 0.3) is 0 Å². The van der Waals surface area contributed by atoms with Gasteiger partial charge in [0.05, 0.1) is 12.7 Å². The third-order valence-corrected chi connectivity index (χ3v) is 4.66. The highest BCUT2D eigenvalue weighted by molar-refractivity contribution is 9.10. The summed E-state index contributed by atoms with van der Waals surface area (Å²) in [5, 5.41) is 3.44. The van der Waals surface area contributed by atoms with Gasteiger partial charge >= 0.3 is 0 Å². The molecule has 0 aliphatic carbocycles. The maximum Gasteiger partial charge on any atom is 0.0983 e. The molecular weight excluding hydrogens is 326 g/mol. The van der Waals surface area contributed by atoms with Crippen LogP contribution in [0.15, 0.2) is 53.0 Å². The molecule has 3 heteroatoms. The highest BCUT2D eigenvalue weighted by Crippen LogP contribution is 2.31. The number of benzene rings is 2. The number of halogens is 1. The van der Waals surface area contributed by atoms with Crippen LogP contribution < -0.4 is 5.32 Å². The van der Waals surface area contributed by atoms with Gasteiger partial charge in [-0.15, -0.1) is 0 Å². The first-order valence-electron chi connectivity index (χ1n) is 7.39. The molecule has 2 aromatic rings. The zero-order chi connectivity index (χ0) is 14.7. The third-order valence-electron chi connectivity index (χ3n) is 4.14. The summed E-state index contributed by atoms with van der Waals surface area (Å²) in [5.41, 5.74) is 4.08. The molecule has 1 aliphatic heterocycles. The van der Waals surface area contributed by atoms with Gasteiger partial charge in [-0.3, -0.25) is 0 Å². The Bertz CT molecular complexity index is 596. The van der Waals surface area contributed by atoms with Gasteiger partial charge in [-0.1, -0.05) is 52.3 Å². The lowest BCUT2D eigenvalue weighted by Gasteiger charge is -2.32. The molecular formula is C18H20BrNO. The first-order valence-corrected chi connectivity index (χ1v) is 8.18. The fourth-order valence-electron chi connectivity index (χ4n) is 2.99. The highest BCUT2D eigenvalue weighted by Gasteiger charge is 2.27. The Balaban J connectivity index is 1.82. The summed E-state index contributed by atoms with van der Waals surface area (Å²) in [6.07, 6.45) is 2.10. The molecule has 2 atom stereocenters. The maximum atomic E-state index is 6.08. The van der Waals surface area contributed by atoms with Gasteiger partial charge in [-0.2, -0.15) is 0 Å². The highest BCUT2D eigenvalue weighted by atomic mass is 79.9. The molecule has 110 valence electrons. The number of hydrogen-bond acceptors (Lipinski definition) is 2. The fraction of sp³-hybridized carbons (Fsp3) is 0.333. The lowest BCUT2D eigenvalue weighted by Crippen LogP contribution is -2.38. The van der Waals surface area contributed by atoms with Gasteiger partial charge in [0.15, 0.2) is 0 Å². The molecule has 0 bridgehead atoms. The molecule has 0 radical (unpaired) electrons. The summed E-state index contributed by atoms with van der Waals surface area (Å²) in [5.74, 6) is 0. The van der Waals surface area contributed by atoms with Crippen molar-refractivity contribution in [2.45, 2.75) is 25.0 Å². The number of nitrogens with one attached hydrogen (secondary N) is 1. The number of likely N-dealkylation sites (N-methyl/N-ethyl adjacent to an activating group) is 1. The average molecular weight is 346 g/mol. The van der Waals surface area contributed by atoms with Crippen LogP contribution in [0.3, 0.4) is 0 Å². The van der Waals surface area contributed by atoms with Crippen molar-refractivity contribution in [2.75, 3.05) is 13.7 Å². The Morgan fingerprint density at radius 1 is 1.19 bits per heavy atom. The van der Waals surface area contributed by atoms with E-state index in [2.05, 4.69) is 69.8 Å². The quantitative estimate of drug-likeness (QED) is 0.907. The van der Waals surface area contributed by atoms with E-state index < -0.39 is 0 Å². The molecule has 3 rings (SSSR count). The Morgan fingerprint density at radius 2 is 1.95 bits per heavy atom. The molecule has 0 spiro atoms. The van der Waals surface area contributed by atoms with Crippen LogP contribution in [0.1, 0.15) is 22.8 Å². The average Bonchev–Trinajstić information content (AvgIpc) is 2.54. The number of fused-ring (bicyclic) bond motifs is 1. The van der Waals surface area contributed by atoms with E-state index in [1.54, 1.807) is 0 Å². The molecule has 0 saturated carbocycles. The Morgan fingerprint density at radius 3 is 2.71 bits per heavy atom. The van der Waals surface area contributed by atoms with E-state index in [0.717, 1.165) is 23.9 Å². The van der Waals surface area contributed by atoms with Crippen LogP contribution in [-0.4, -0.2) is 19.7 Å². The molecule has 21 heavy (non-hydrogen) atoms. The van der Waals surface area contributed by atoms with Gasteiger partial charge in [0, 0.05) is 10.5 Å². The lowest BCUT2D eigenvalue weighted by molar-refractivity contribution is 0.0172. The fourth-order valence-corrected chi connectivity index (χ4v) is 3.26. The molecule has 1 aliphatic rings. The lowest BCUT2D eigenvalue weighted by atomic mass is 9.90. The van der Waals surface area contributed by atoms with E-state index in [0.29, 0.717) is 0 Å². The van der Waals surface area contributed by atoms with Crippen LogP contribution in [0, 0.1) is 0 Å². The molecule has 2 aromatic carbocycles. The molecule has 1 N–H and O–H groups in total. The minimum atomic E-state index is 0.128. The van der Waals surface area contributed by atoms with Gasteiger partial charge in [-0.05, 0) is 48.7 Å². The van der Waals surface area contributed by atoms with Gasteiger partial charge in [0.2, 0.25) is 0 Å². The van der Waals surface area contributed by atoms with E-state index in [1.807, 2.05) is 7.05 Å². The van der Waals surface area contributed by atoms with Crippen LogP contribution >= 0.6 is 15.9 Å². The number of ether oxygens (including phenoxy) is 1. The van der Waals surface area contributed by atoms with E-state index >= 15 is 0 Å². The van der Waals surface area contributed by atoms with E-state index in [9.17, 15) is 0 Å². The summed E-state index contributed by atoms with van der Waals surface area (Å²) in [6.45, 7) is 0.806. The standard InChI is InChI=1S/C18H20BrNO/c1-20-17(12-13-6-8-15(19)9-7-13)18-16-5-3-2-4-14(16)10-11-21-18/h2-9,17-18,20H,10-12H2,1H3. The maximum absolute atomic E-state index is 6.08.